The van der Waals surface area contributed by atoms with Crippen LogP contribution in [0.2, 0.25) is 0 Å². The lowest BCUT2D eigenvalue weighted by atomic mass is 10.1. The Kier molecular flexibility index (Phi) is 6.62. The van der Waals surface area contributed by atoms with Crippen LogP contribution in [0.25, 0.3) is 11.3 Å². The standard InChI is InChI=1S/C25H25N7O2S/c1-31-16-26-30-25(31)35-15-23(33)27-20-6-4-5-18(13-20)24(34)28-19-10-8-17(9-11-19)21-14-32-12-3-2-7-22(32)29-21/h4-6,8-11,13-14,16H,2-3,7,12,15H2,1H3,(H,27,33)(H,28,34). The first-order chi connectivity index (χ1) is 17.0. The van der Waals surface area contributed by atoms with E-state index in [0.717, 1.165) is 30.0 Å². The topological polar surface area (TPSA) is 107 Å². The number of hydrogen-bond donors (Lipinski definition) is 2. The van der Waals surface area contributed by atoms with Crippen molar-refractivity contribution in [1.82, 2.24) is 24.3 Å². The maximum absolute atomic E-state index is 12.8. The summed E-state index contributed by atoms with van der Waals surface area (Å²) in [5, 5.41) is 14.1. The number of fused-ring (bicyclic) bond motifs is 1. The zero-order chi connectivity index (χ0) is 24.2. The van der Waals surface area contributed by atoms with Gasteiger partial charge in [-0.15, -0.1) is 10.2 Å². The number of carbonyl (C=O) groups excluding carboxylic acids is 2. The van der Waals surface area contributed by atoms with Crippen LogP contribution < -0.4 is 10.6 Å². The van der Waals surface area contributed by atoms with Crippen molar-refractivity contribution in [2.24, 2.45) is 7.05 Å². The van der Waals surface area contributed by atoms with E-state index in [4.69, 9.17) is 4.98 Å². The first-order valence-corrected chi connectivity index (χ1v) is 12.4. The molecule has 9 nitrogen and oxygen atoms in total. The predicted molar refractivity (Wildman–Crippen MR) is 135 cm³/mol. The molecule has 0 unspecified atom stereocenters. The lowest BCUT2D eigenvalue weighted by Gasteiger charge is -2.11. The van der Waals surface area contributed by atoms with Crippen LogP contribution in [0.5, 0.6) is 0 Å². The van der Waals surface area contributed by atoms with Crippen LogP contribution in [0.1, 0.15) is 29.0 Å². The van der Waals surface area contributed by atoms with Gasteiger partial charge in [0, 0.05) is 48.7 Å². The van der Waals surface area contributed by atoms with Crippen molar-refractivity contribution in [1.29, 1.82) is 0 Å². The van der Waals surface area contributed by atoms with E-state index in [1.807, 2.05) is 31.3 Å². The normalized spacial score (nSPS) is 12.7. The maximum Gasteiger partial charge on any atom is 0.255 e. The Labute approximate surface area is 207 Å². The van der Waals surface area contributed by atoms with Gasteiger partial charge in [-0.25, -0.2) is 4.98 Å². The molecule has 0 bridgehead atoms. The van der Waals surface area contributed by atoms with Gasteiger partial charge in [0.15, 0.2) is 5.16 Å². The van der Waals surface area contributed by atoms with E-state index in [2.05, 4.69) is 31.6 Å². The molecule has 0 radical (unpaired) electrons. The van der Waals surface area contributed by atoms with Gasteiger partial charge in [0.2, 0.25) is 5.91 Å². The molecule has 178 valence electrons. The fourth-order valence-electron chi connectivity index (χ4n) is 3.95. The molecule has 0 saturated heterocycles. The highest BCUT2D eigenvalue weighted by molar-refractivity contribution is 7.99. The minimum absolute atomic E-state index is 0.188. The Morgan fingerprint density at radius 1 is 1.06 bits per heavy atom. The Hall–Kier alpha value is -3.92. The van der Waals surface area contributed by atoms with Gasteiger partial charge in [0.05, 0.1) is 11.4 Å². The Balaban J connectivity index is 1.19. The smallest absolute Gasteiger partial charge is 0.255 e. The summed E-state index contributed by atoms with van der Waals surface area (Å²) in [6, 6.07) is 14.5. The fraction of sp³-hybridized carbons (Fsp3) is 0.240. The number of hydrogen-bond acceptors (Lipinski definition) is 6. The zero-order valence-corrected chi connectivity index (χ0v) is 20.1. The average Bonchev–Trinajstić information content (AvgIpc) is 3.49. The monoisotopic (exact) mass is 487 g/mol. The number of nitrogens with zero attached hydrogens (tertiary/aromatic N) is 5. The van der Waals surface area contributed by atoms with E-state index in [9.17, 15) is 9.59 Å². The molecule has 3 heterocycles. The number of amides is 2. The van der Waals surface area contributed by atoms with E-state index in [0.29, 0.717) is 22.1 Å². The molecular formula is C25H25N7O2S. The summed E-state index contributed by atoms with van der Waals surface area (Å²) >= 11 is 1.29. The van der Waals surface area contributed by atoms with Gasteiger partial charge in [-0.2, -0.15) is 0 Å². The van der Waals surface area contributed by atoms with E-state index in [1.165, 1.54) is 24.6 Å². The van der Waals surface area contributed by atoms with E-state index >= 15 is 0 Å². The van der Waals surface area contributed by atoms with Crippen molar-refractivity contribution >= 4 is 35.0 Å². The van der Waals surface area contributed by atoms with Crippen molar-refractivity contribution in [2.45, 2.75) is 31.0 Å². The molecule has 1 aliphatic rings. The van der Waals surface area contributed by atoms with Crippen molar-refractivity contribution < 1.29 is 9.59 Å². The SMILES string of the molecule is Cn1cnnc1SCC(=O)Nc1cccc(C(=O)Nc2ccc(-c3cn4c(n3)CCCC4)cc2)c1. The Morgan fingerprint density at radius 3 is 2.69 bits per heavy atom. The highest BCUT2D eigenvalue weighted by Crippen LogP contribution is 2.24. The lowest BCUT2D eigenvalue weighted by Crippen LogP contribution is -2.16. The van der Waals surface area contributed by atoms with Crippen LogP contribution in [0.4, 0.5) is 11.4 Å². The van der Waals surface area contributed by atoms with Crippen molar-refractivity contribution in [3.8, 4) is 11.3 Å². The number of carbonyl (C=O) groups is 2. The second-order valence-corrected chi connectivity index (χ2v) is 9.31. The van der Waals surface area contributed by atoms with Gasteiger partial charge in [0.25, 0.3) is 5.91 Å². The number of rotatable bonds is 7. The molecule has 0 spiro atoms. The summed E-state index contributed by atoms with van der Waals surface area (Å²) in [7, 11) is 1.82. The first kappa shape index (κ1) is 22.9. The minimum Gasteiger partial charge on any atom is -0.334 e. The molecule has 0 fully saturated rings. The van der Waals surface area contributed by atoms with Crippen LogP contribution in [0, 0.1) is 0 Å². The summed E-state index contributed by atoms with van der Waals surface area (Å²) in [6.07, 6.45) is 7.09. The highest BCUT2D eigenvalue weighted by atomic mass is 32.2. The Morgan fingerprint density at radius 2 is 1.91 bits per heavy atom. The number of imidazole rings is 1. The third kappa shape index (κ3) is 5.43. The molecule has 2 aromatic heterocycles. The van der Waals surface area contributed by atoms with Crippen LogP contribution in [-0.2, 0) is 24.8 Å². The summed E-state index contributed by atoms with van der Waals surface area (Å²) in [5.74, 6) is 0.893. The lowest BCUT2D eigenvalue weighted by molar-refractivity contribution is -0.113. The molecule has 5 rings (SSSR count). The number of aromatic nitrogens is 5. The fourth-order valence-corrected chi connectivity index (χ4v) is 4.64. The molecule has 2 N–H and O–H groups in total. The third-order valence-electron chi connectivity index (χ3n) is 5.76. The Bertz CT molecular complexity index is 1340. The first-order valence-electron chi connectivity index (χ1n) is 11.4. The van der Waals surface area contributed by atoms with E-state index in [1.54, 1.807) is 35.2 Å². The largest absolute Gasteiger partial charge is 0.334 e. The van der Waals surface area contributed by atoms with E-state index in [-0.39, 0.29) is 17.6 Å². The molecular weight excluding hydrogens is 462 g/mol. The van der Waals surface area contributed by atoms with Crippen LogP contribution in [-0.4, -0.2) is 41.9 Å². The van der Waals surface area contributed by atoms with Crippen LogP contribution >= 0.6 is 11.8 Å². The molecule has 10 heteroatoms. The van der Waals surface area contributed by atoms with E-state index < -0.39 is 0 Å². The van der Waals surface area contributed by atoms with Gasteiger partial charge < -0.3 is 19.8 Å². The molecule has 2 amide bonds. The number of benzene rings is 2. The predicted octanol–water partition coefficient (Wildman–Crippen LogP) is 4.00. The van der Waals surface area contributed by atoms with Crippen molar-refractivity contribution in [2.75, 3.05) is 16.4 Å². The molecule has 2 aromatic carbocycles. The molecule has 35 heavy (non-hydrogen) atoms. The van der Waals surface area contributed by atoms with Crippen molar-refractivity contribution in [3.63, 3.8) is 0 Å². The van der Waals surface area contributed by atoms with Gasteiger partial charge >= 0.3 is 0 Å². The van der Waals surface area contributed by atoms with Gasteiger partial charge in [-0.1, -0.05) is 30.0 Å². The second-order valence-electron chi connectivity index (χ2n) is 8.37. The summed E-state index contributed by atoms with van der Waals surface area (Å²) in [6.45, 7) is 1.02. The van der Waals surface area contributed by atoms with Gasteiger partial charge in [-0.3, -0.25) is 9.59 Å². The van der Waals surface area contributed by atoms with Gasteiger partial charge in [0.1, 0.15) is 12.2 Å². The molecule has 0 saturated carbocycles. The molecule has 0 atom stereocenters. The number of thioether (sulfide) groups is 1. The minimum atomic E-state index is -0.250. The molecule has 0 aliphatic carbocycles. The van der Waals surface area contributed by atoms with Crippen LogP contribution in [0.3, 0.4) is 0 Å². The second kappa shape index (κ2) is 10.1. The summed E-state index contributed by atoms with van der Waals surface area (Å²) in [4.78, 5) is 29.9. The number of nitrogens with one attached hydrogen (secondary N) is 2. The van der Waals surface area contributed by atoms with Crippen molar-refractivity contribution in [3.05, 3.63) is 72.4 Å². The number of aryl methyl sites for hydroxylation is 3. The number of anilines is 2. The maximum atomic E-state index is 12.8. The van der Waals surface area contributed by atoms with Gasteiger partial charge in [-0.05, 0) is 43.2 Å². The quantitative estimate of drug-likeness (QED) is 0.382. The third-order valence-corrected chi connectivity index (χ3v) is 6.79. The molecule has 4 aromatic rings. The van der Waals surface area contributed by atoms with Crippen LogP contribution in [0.15, 0.2) is 66.2 Å². The average molecular weight is 488 g/mol. The highest BCUT2D eigenvalue weighted by Gasteiger charge is 2.14. The summed E-state index contributed by atoms with van der Waals surface area (Å²) in [5.41, 5.74) is 3.68. The zero-order valence-electron chi connectivity index (χ0n) is 19.3. The summed E-state index contributed by atoms with van der Waals surface area (Å²) < 4.78 is 3.98. The molecule has 1 aliphatic heterocycles.